The first-order chi connectivity index (χ1) is 15.8. The first-order valence-electron chi connectivity index (χ1n) is 10.8. The average molecular weight is 449 g/mol. The van der Waals surface area contributed by atoms with Gasteiger partial charge in [-0.05, 0) is 60.7 Å². The number of amides is 1. The number of hydrogen-bond donors (Lipinski definition) is 1. The number of aryl methyl sites for hydroxylation is 2. The van der Waals surface area contributed by atoms with Crippen LogP contribution in [0.15, 0.2) is 30.5 Å². The second kappa shape index (κ2) is 7.95. The van der Waals surface area contributed by atoms with Crippen molar-refractivity contribution in [2.24, 2.45) is 7.05 Å². The van der Waals surface area contributed by atoms with Gasteiger partial charge in [-0.1, -0.05) is 0 Å². The number of anilines is 1. The lowest BCUT2D eigenvalue weighted by molar-refractivity contribution is 0.132. The fraction of sp³-hybridized carbons (Fsp3) is 0.348. The van der Waals surface area contributed by atoms with E-state index >= 15 is 4.39 Å². The summed E-state index contributed by atoms with van der Waals surface area (Å²) in [5.41, 5.74) is 4.06. The van der Waals surface area contributed by atoms with Gasteiger partial charge < -0.3 is 14.9 Å². The van der Waals surface area contributed by atoms with E-state index in [4.69, 9.17) is 5.11 Å². The molecule has 0 spiro atoms. The molecule has 0 aliphatic carbocycles. The standard InChI is InChI=1S/C23H24FN7O2/c1-13-8-14(9-16-12-29(2)28-20(13)16)15-10-18(24)21-19(11-15)26-27-22(25-21)30(3)17-4-6-31(7-5-17)23(32)33/h8-12,17H,4-7H2,1-3H3,(H,32,33). The van der Waals surface area contributed by atoms with E-state index in [0.717, 1.165) is 22.0 Å². The molecule has 0 radical (unpaired) electrons. The predicted molar refractivity (Wildman–Crippen MR) is 123 cm³/mol. The molecule has 4 aromatic rings. The zero-order valence-corrected chi connectivity index (χ0v) is 18.7. The molecule has 0 saturated carbocycles. The first kappa shape index (κ1) is 21.0. The van der Waals surface area contributed by atoms with Gasteiger partial charge in [0.2, 0.25) is 5.95 Å². The maximum absolute atomic E-state index is 15.1. The molecule has 170 valence electrons. The number of rotatable bonds is 3. The minimum absolute atomic E-state index is 0.0661. The van der Waals surface area contributed by atoms with Crippen molar-refractivity contribution in [3.8, 4) is 11.1 Å². The number of fused-ring (bicyclic) bond motifs is 2. The van der Waals surface area contributed by atoms with Crippen molar-refractivity contribution in [1.29, 1.82) is 0 Å². The molecule has 3 heterocycles. The molecule has 0 unspecified atom stereocenters. The molecule has 1 N–H and O–H groups in total. The number of hydrogen-bond acceptors (Lipinski definition) is 6. The summed E-state index contributed by atoms with van der Waals surface area (Å²) in [7, 11) is 3.71. The van der Waals surface area contributed by atoms with Crippen molar-refractivity contribution in [1.82, 2.24) is 29.9 Å². The second-order valence-electron chi connectivity index (χ2n) is 8.58. The molecule has 1 saturated heterocycles. The molecule has 2 aromatic carbocycles. The minimum atomic E-state index is -0.907. The quantitative estimate of drug-likeness (QED) is 0.510. The van der Waals surface area contributed by atoms with Gasteiger partial charge in [-0.2, -0.15) is 5.10 Å². The Bertz CT molecular complexity index is 1380. The third-order valence-corrected chi connectivity index (χ3v) is 6.35. The number of piperidine rings is 1. The van der Waals surface area contributed by atoms with Crippen molar-refractivity contribution in [2.75, 3.05) is 25.0 Å². The summed E-state index contributed by atoms with van der Waals surface area (Å²) < 4.78 is 16.9. The molecule has 33 heavy (non-hydrogen) atoms. The highest BCUT2D eigenvalue weighted by molar-refractivity contribution is 5.89. The fourth-order valence-electron chi connectivity index (χ4n) is 4.51. The zero-order valence-electron chi connectivity index (χ0n) is 18.7. The highest BCUT2D eigenvalue weighted by Gasteiger charge is 2.26. The van der Waals surface area contributed by atoms with Crippen LogP contribution in [0.1, 0.15) is 18.4 Å². The molecule has 1 fully saturated rings. The average Bonchev–Trinajstić information content (AvgIpc) is 3.19. The van der Waals surface area contributed by atoms with Gasteiger partial charge in [-0.3, -0.25) is 4.68 Å². The van der Waals surface area contributed by atoms with Gasteiger partial charge in [0.1, 0.15) is 11.0 Å². The number of aromatic nitrogens is 5. The second-order valence-corrected chi connectivity index (χ2v) is 8.58. The lowest BCUT2D eigenvalue weighted by Crippen LogP contribution is -2.45. The molecule has 1 aliphatic heterocycles. The monoisotopic (exact) mass is 449 g/mol. The van der Waals surface area contributed by atoms with Crippen LogP contribution in [0.3, 0.4) is 0 Å². The van der Waals surface area contributed by atoms with Crippen LogP contribution < -0.4 is 4.90 Å². The fourth-order valence-corrected chi connectivity index (χ4v) is 4.51. The molecule has 5 rings (SSSR count). The van der Waals surface area contributed by atoms with Crippen molar-refractivity contribution in [3.05, 3.63) is 41.8 Å². The van der Waals surface area contributed by atoms with Gasteiger partial charge in [0.15, 0.2) is 5.82 Å². The summed E-state index contributed by atoms with van der Waals surface area (Å²) in [5, 5.41) is 23.1. The molecule has 1 amide bonds. The van der Waals surface area contributed by atoms with Crippen LogP contribution in [0, 0.1) is 12.7 Å². The largest absolute Gasteiger partial charge is 0.465 e. The first-order valence-corrected chi connectivity index (χ1v) is 10.8. The van der Waals surface area contributed by atoms with Gasteiger partial charge in [-0.25, -0.2) is 14.2 Å². The van der Waals surface area contributed by atoms with E-state index in [1.165, 1.54) is 11.0 Å². The molecule has 10 heteroatoms. The molecule has 0 atom stereocenters. The molecule has 1 aliphatic rings. The van der Waals surface area contributed by atoms with E-state index in [0.29, 0.717) is 43.0 Å². The number of nitrogens with zero attached hydrogens (tertiary/aromatic N) is 7. The predicted octanol–water partition coefficient (Wildman–Crippen LogP) is 3.60. The highest BCUT2D eigenvalue weighted by Crippen LogP contribution is 2.30. The summed E-state index contributed by atoms with van der Waals surface area (Å²) in [6.45, 7) is 2.88. The van der Waals surface area contributed by atoms with E-state index in [1.54, 1.807) is 10.7 Å². The minimum Gasteiger partial charge on any atom is -0.465 e. The number of halogens is 1. The van der Waals surface area contributed by atoms with Gasteiger partial charge in [0.25, 0.3) is 0 Å². The lowest BCUT2D eigenvalue weighted by Gasteiger charge is -2.35. The van der Waals surface area contributed by atoms with E-state index in [9.17, 15) is 4.79 Å². The van der Waals surface area contributed by atoms with Crippen molar-refractivity contribution < 1.29 is 14.3 Å². The molecule has 0 bridgehead atoms. The summed E-state index contributed by atoms with van der Waals surface area (Å²) >= 11 is 0. The number of benzene rings is 2. The Labute approximate surface area is 189 Å². The zero-order chi connectivity index (χ0) is 23.3. The number of likely N-dealkylation sites (tertiary alicyclic amines) is 1. The maximum atomic E-state index is 15.1. The number of carbonyl (C=O) groups is 1. The van der Waals surface area contributed by atoms with Crippen molar-refractivity contribution >= 4 is 34.0 Å². The molecule has 2 aromatic heterocycles. The maximum Gasteiger partial charge on any atom is 0.407 e. The van der Waals surface area contributed by atoms with Crippen LogP contribution in [0.25, 0.3) is 33.1 Å². The van der Waals surface area contributed by atoms with Crippen molar-refractivity contribution in [2.45, 2.75) is 25.8 Å². The van der Waals surface area contributed by atoms with Crippen LogP contribution >= 0.6 is 0 Å². The van der Waals surface area contributed by atoms with Crippen LogP contribution in [-0.4, -0.2) is 67.2 Å². The topological polar surface area (TPSA) is 100 Å². The van der Waals surface area contributed by atoms with Crippen molar-refractivity contribution in [3.63, 3.8) is 0 Å². The van der Waals surface area contributed by atoms with E-state index < -0.39 is 11.9 Å². The van der Waals surface area contributed by atoms with Crippen LogP contribution in [0.4, 0.5) is 15.1 Å². The highest BCUT2D eigenvalue weighted by atomic mass is 19.1. The third-order valence-electron chi connectivity index (χ3n) is 6.35. The lowest BCUT2D eigenvalue weighted by atomic mass is 10.0. The van der Waals surface area contributed by atoms with Gasteiger partial charge in [0.05, 0.1) is 5.52 Å². The Morgan fingerprint density at radius 1 is 1.12 bits per heavy atom. The Morgan fingerprint density at radius 3 is 2.58 bits per heavy atom. The Hall–Kier alpha value is -3.82. The summed E-state index contributed by atoms with van der Waals surface area (Å²) in [6.07, 6.45) is 2.34. The smallest absolute Gasteiger partial charge is 0.407 e. The Balaban J connectivity index is 1.45. The van der Waals surface area contributed by atoms with E-state index in [1.807, 2.05) is 44.2 Å². The summed E-state index contributed by atoms with van der Waals surface area (Å²) in [4.78, 5) is 18.8. The van der Waals surface area contributed by atoms with Gasteiger partial charge in [0, 0.05) is 44.8 Å². The molecular formula is C23H24FN7O2. The van der Waals surface area contributed by atoms with E-state index in [-0.39, 0.29) is 11.6 Å². The Kier molecular flexibility index (Phi) is 5.07. The summed E-state index contributed by atoms with van der Waals surface area (Å²) in [6, 6.07) is 7.31. The Morgan fingerprint density at radius 2 is 1.85 bits per heavy atom. The van der Waals surface area contributed by atoms with Gasteiger partial charge >= 0.3 is 6.09 Å². The van der Waals surface area contributed by atoms with E-state index in [2.05, 4.69) is 20.3 Å². The third kappa shape index (κ3) is 3.81. The SMILES string of the molecule is Cc1cc(-c2cc(F)c3nc(N(C)C4CCN(C(=O)O)CC4)nnc3c2)cc2cn(C)nc12. The number of carboxylic acid groups (broad SMARTS) is 1. The van der Waals surface area contributed by atoms with Crippen LogP contribution in [-0.2, 0) is 7.05 Å². The molecular weight excluding hydrogens is 425 g/mol. The normalized spacial score (nSPS) is 14.8. The van der Waals surface area contributed by atoms with Gasteiger partial charge in [-0.15, -0.1) is 10.2 Å². The summed E-state index contributed by atoms with van der Waals surface area (Å²) in [5.74, 6) is -0.132. The van der Waals surface area contributed by atoms with Crippen LogP contribution in [0.2, 0.25) is 0 Å². The molecule has 9 nitrogen and oxygen atoms in total. The van der Waals surface area contributed by atoms with Crippen LogP contribution in [0.5, 0.6) is 0 Å².